The number of amides is 1. The summed E-state index contributed by atoms with van der Waals surface area (Å²) in [6.07, 6.45) is 0. The molecular formula is C18H13NO5. The Balaban J connectivity index is 1.69. The third-order valence-corrected chi connectivity index (χ3v) is 3.79. The standard InChI is InChI=1S/C18H13NO5/c1-10(20)12-7-15-16(23-9-22-15)8-13(12)19-18(21)17-6-11-4-2-3-5-14(11)24-17/h2-8H,9H2,1H3,(H,19,21). The molecule has 1 aliphatic rings. The van der Waals surface area contributed by atoms with E-state index in [9.17, 15) is 9.59 Å². The van der Waals surface area contributed by atoms with E-state index in [0.29, 0.717) is 28.3 Å². The van der Waals surface area contributed by atoms with Crippen molar-refractivity contribution in [2.45, 2.75) is 6.92 Å². The van der Waals surface area contributed by atoms with Crippen molar-refractivity contribution in [1.82, 2.24) is 0 Å². The van der Waals surface area contributed by atoms with Crippen LogP contribution in [0.3, 0.4) is 0 Å². The lowest BCUT2D eigenvalue weighted by molar-refractivity contribution is 0.0998. The summed E-state index contributed by atoms with van der Waals surface area (Å²) in [5.41, 5.74) is 1.33. The Bertz CT molecular complexity index is 940. The van der Waals surface area contributed by atoms with Crippen molar-refractivity contribution in [2.75, 3.05) is 12.1 Å². The monoisotopic (exact) mass is 323 g/mol. The smallest absolute Gasteiger partial charge is 0.291 e. The summed E-state index contributed by atoms with van der Waals surface area (Å²) in [5.74, 6) is 0.519. The molecule has 1 aliphatic heterocycles. The minimum Gasteiger partial charge on any atom is -0.454 e. The van der Waals surface area contributed by atoms with Crippen LogP contribution in [-0.2, 0) is 0 Å². The van der Waals surface area contributed by atoms with E-state index in [0.717, 1.165) is 5.39 Å². The topological polar surface area (TPSA) is 77.8 Å². The van der Waals surface area contributed by atoms with Gasteiger partial charge in [0.15, 0.2) is 23.0 Å². The quantitative estimate of drug-likeness (QED) is 0.745. The van der Waals surface area contributed by atoms with Crippen molar-refractivity contribution >= 4 is 28.3 Å². The van der Waals surface area contributed by atoms with Crippen LogP contribution in [0.25, 0.3) is 11.0 Å². The number of hydrogen-bond acceptors (Lipinski definition) is 5. The average Bonchev–Trinajstić information content (AvgIpc) is 3.19. The highest BCUT2D eigenvalue weighted by Crippen LogP contribution is 2.37. The van der Waals surface area contributed by atoms with Gasteiger partial charge >= 0.3 is 0 Å². The SMILES string of the molecule is CC(=O)c1cc2c(cc1NC(=O)c1cc3ccccc3o1)OCO2. The number of hydrogen-bond donors (Lipinski definition) is 1. The fraction of sp³-hybridized carbons (Fsp3) is 0.111. The van der Waals surface area contributed by atoms with E-state index in [1.54, 1.807) is 24.3 Å². The van der Waals surface area contributed by atoms with Gasteiger partial charge in [-0.2, -0.15) is 0 Å². The first kappa shape index (κ1) is 14.3. The van der Waals surface area contributed by atoms with Crippen molar-refractivity contribution in [3.8, 4) is 11.5 Å². The van der Waals surface area contributed by atoms with Gasteiger partial charge in [0.1, 0.15) is 5.58 Å². The van der Waals surface area contributed by atoms with E-state index in [1.807, 2.05) is 18.2 Å². The number of carbonyl (C=O) groups excluding carboxylic acids is 2. The lowest BCUT2D eigenvalue weighted by Gasteiger charge is -2.09. The minimum absolute atomic E-state index is 0.0909. The fourth-order valence-corrected chi connectivity index (χ4v) is 2.61. The molecule has 4 rings (SSSR count). The van der Waals surface area contributed by atoms with Crippen molar-refractivity contribution in [2.24, 2.45) is 0 Å². The Kier molecular flexibility index (Phi) is 3.23. The molecule has 6 heteroatoms. The Morgan fingerprint density at radius 3 is 2.54 bits per heavy atom. The van der Waals surface area contributed by atoms with Crippen LogP contribution in [-0.4, -0.2) is 18.5 Å². The zero-order valence-electron chi connectivity index (χ0n) is 12.8. The Labute approximate surface area is 137 Å². The first-order valence-corrected chi connectivity index (χ1v) is 7.36. The third kappa shape index (κ3) is 2.38. The van der Waals surface area contributed by atoms with E-state index in [2.05, 4.69) is 5.32 Å². The van der Waals surface area contributed by atoms with E-state index >= 15 is 0 Å². The predicted octanol–water partition coefficient (Wildman–Crippen LogP) is 3.62. The number of furan rings is 1. The molecule has 0 saturated heterocycles. The fourth-order valence-electron chi connectivity index (χ4n) is 2.61. The zero-order valence-corrected chi connectivity index (χ0v) is 12.8. The highest BCUT2D eigenvalue weighted by atomic mass is 16.7. The molecule has 24 heavy (non-hydrogen) atoms. The Morgan fingerprint density at radius 1 is 1.04 bits per heavy atom. The predicted molar refractivity (Wildman–Crippen MR) is 86.7 cm³/mol. The van der Waals surface area contributed by atoms with E-state index in [1.165, 1.54) is 6.92 Å². The number of Topliss-reactive ketones (excluding diaryl/α,β-unsaturated/α-hetero) is 1. The van der Waals surface area contributed by atoms with Gasteiger partial charge < -0.3 is 19.2 Å². The molecule has 0 spiro atoms. The number of carbonyl (C=O) groups is 2. The van der Waals surface area contributed by atoms with Crippen molar-refractivity contribution < 1.29 is 23.5 Å². The van der Waals surface area contributed by atoms with Crippen molar-refractivity contribution in [1.29, 1.82) is 0 Å². The number of anilines is 1. The molecule has 0 bridgehead atoms. The molecule has 3 aromatic rings. The molecule has 0 aliphatic carbocycles. The Morgan fingerprint density at radius 2 is 1.79 bits per heavy atom. The molecule has 6 nitrogen and oxygen atoms in total. The van der Waals surface area contributed by atoms with Gasteiger partial charge in [0.25, 0.3) is 5.91 Å². The highest BCUT2D eigenvalue weighted by Gasteiger charge is 2.21. The number of ketones is 1. The average molecular weight is 323 g/mol. The molecule has 0 unspecified atom stereocenters. The normalized spacial score (nSPS) is 12.4. The number of fused-ring (bicyclic) bond motifs is 2. The van der Waals surface area contributed by atoms with Gasteiger partial charge in [-0.25, -0.2) is 0 Å². The number of ether oxygens (including phenoxy) is 2. The summed E-state index contributed by atoms with van der Waals surface area (Å²) in [7, 11) is 0. The lowest BCUT2D eigenvalue weighted by atomic mass is 10.1. The molecule has 0 fully saturated rings. The summed E-state index contributed by atoms with van der Waals surface area (Å²) < 4.78 is 16.1. The first-order valence-electron chi connectivity index (χ1n) is 7.36. The van der Waals surface area contributed by atoms with Gasteiger partial charge in [0.05, 0.1) is 5.69 Å². The number of nitrogens with one attached hydrogen (secondary N) is 1. The summed E-state index contributed by atoms with van der Waals surface area (Å²) in [6, 6.07) is 12.2. The maximum absolute atomic E-state index is 12.5. The first-order chi connectivity index (χ1) is 11.6. The van der Waals surface area contributed by atoms with Gasteiger partial charge in [0, 0.05) is 17.0 Å². The number of rotatable bonds is 3. The highest BCUT2D eigenvalue weighted by molar-refractivity contribution is 6.09. The van der Waals surface area contributed by atoms with Crippen LogP contribution in [0.4, 0.5) is 5.69 Å². The molecule has 1 aromatic heterocycles. The van der Waals surface area contributed by atoms with Crippen LogP contribution in [0, 0.1) is 0 Å². The summed E-state index contributed by atoms with van der Waals surface area (Å²) in [6.45, 7) is 1.52. The molecule has 2 aromatic carbocycles. The van der Waals surface area contributed by atoms with E-state index in [4.69, 9.17) is 13.9 Å². The molecule has 0 saturated carbocycles. The number of para-hydroxylation sites is 1. The lowest BCUT2D eigenvalue weighted by Crippen LogP contribution is -2.13. The molecule has 1 amide bonds. The third-order valence-electron chi connectivity index (χ3n) is 3.79. The number of benzene rings is 2. The van der Waals surface area contributed by atoms with Crippen LogP contribution in [0.2, 0.25) is 0 Å². The summed E-state index contributed by atoms with van der Waals surface area (Å²) in [4.78, 5) is 24.3. The maximum atomic E-state index is 12.5. The summed E-state index contributed by atoms with van der Waals surface area (Å²) >= 11 is 0. The minimum atomic E-state index is -0.437. The van der Waals surface area contributed by atoms with Crippen LogP contribution in [0.5, 0.6) is 11.5 Å². The molecule has 0 atom stereocenters. The van der Waals surface area contributed by atoms with Gasteiger partial charge in [-0.15, -0.1) is 0 Å². The largest absolute Gasteiger partial charge is 0.454 e. The van der Waals surface area contributed by atoms with Gasteiger partial charge in [-0.3, -0.25) is 9.59 Å². The zero-order chi connectivity index (χ0) is 16.7. The van der Waals surface area contributed by atoms with Crippen LogP contribution in [0.1, 0.15) is 27.8 Å². The van der Waals surface area contributed by atoms with Crippen LogP contribution in [0.15, 0.2) is 46.9 Å². The van der Waals surface area contributed by atoms with E-state index in [-0.39, 0.29) is 18.3 Å². The molecule has 2 heterocycles. The molecule has 120 valence electrons. The molecule has 1 N–H and O–H groups in total. The molecule has 0 radical (unpaired) electrons. The van der Waals surface area contributed by atoms with Crippen LogP contribution < -0.4 is 14.8 Å². The Hall–Kier alpha value is -3.28. The van der Waals surface area contributed by atoms with Crippen molar-refractivity contribution in [3.05, 3.63) is 53.8 Å². The maximum Gasteiger partial charge on any atom is 0.291 e. The second-order valence-corrected chi connectivity index (χ2v) is 5.41. The van der Waals surface area contributed by atoms with Crippen molar-refractivity contribution in [3.63, 3.8) is 0 Å². The van der Waals surface area contributed by atoms with Gasteiger partial charge in [-0.05, 0) is 25.1 Å². The molecular weight excluding hydrogens is 310 g/mol. The van der Waals surface area contributed by atoms with E-state index < -0.39 is 5.91 Å². The second-order valence-electron chi connectivity index (χ2n) is 5.41. The van der Waals surface area contributed by atoms with Gasteiger partial charge in [0.2, 0.25) is 6.79 Å². The second kappa shape index (κ2) is 5.42. The van der Waals surface area contributed by atoms with Gasteiger partial charge in [-0.1, -0.05) is 18.2 Å². The summed E-state index contributed by atoms with van der Waals surface area (Å²) in [5, 5.41) is 3.54. The van der Waals surface area contributed by atoms with Crippen LogP contribution >= 0.6 is 0 Å².